The summed E-state index contributed by atoms with van der Waals surface area (Å²) in [7, 11) is 0. The van der Waals surface area contributed by atoms with Gasteiger partial charge in [-0.1, -0.05) is 59.6 Å². The summed E-state index contributed by atoms with van der Waals surface area (Å²) in [5, 5.41) is 10.8. The number of nitriles is 1. The van der Waals surface area contributed by atoms with E-state index < -0.39 is 0 Å². The van der Waals surface area contributed by atoms with Gasteiger partial charge in [0, 0.05) is 5.39 Å². The summed E-state index contributed by atoms with van der Waals surface area (Å²) in [4.78, 5) is 18.4. The van der Waals surface area contributed by atoms with E-state index in [4.69, 9.17) is 38.2 Å². The highest BCUT2D eigenvalue weighted by Gasteiger charge is 2.26. The lowest BCUT2D eigenvalue weighted by Gasteiger charge is -2.22. The molecule has 4 aromatic rings. The zero-order valence-corrected chi connectivity index (χ0v) is 20.2. The van der Waals surface area contributed by atoms with Gasteiger partial charge in [0.25, 0.3) is 0 Å². The molecule has 1 heterocycles. The third-order valence-corrected chi connectivity index (χ3v) is 6.85. The first-order valence-electron chi connectivity index (χ1n) is 11.3. The number of rotatable bonds is 4. The number of aromatic nitrogens is 1. The van der Waals surface area contributed by atoms with E-state index in [9.17, 15) is 4.79 Å². The highest BCUT2D eigenvalue weighted by molar-refractivity contribution is 6.42. The minimum Gasteiger partial charge on any atom is -0.457 e. The third kappa shape index (κ3) is 4.79. The van der Waals surface area contributed by atoms with Crippen LogP contribution in [0.4, 0.5) is 0 Å². The van der Waals surface area contributed by atoms with Gasteiger partial charge in [0.2, 0.25) is 0 Å². The largest absolute Gasteiger partial charge is 0.457 e. The zero-order chi connectivity index (χ0) is 24.4. The number of fused-ring (bicyclic) bond motifs is 2. The molecule has 0 N–H and O–H groups in total. The number of carbonyl (C=O) groups excluding carboxylic acids is 1. The van der Waals surface area contributed by atoms with Crippen LogP contribution in [0.2, 0.25) is 10.0 Å². The Morgan fingerprint density at radius 1 is 1.03 bits per heavy atom. The quantitative estimate of drug-likeness (QED) is 0.271. The molecule has 35 heavy (non-hydrogen) atoms. The van der Waals surface area contributed by atoms with E-state index in [0.29, 0.717) is 21.2 Å². The number of pyridine rings is 1. The first kappa shape index (κ1) is 23.1. The minimum atomic E-state index is -0.375. The second kappa shape index (κ2) is 9.92. The van der Waals surface area contributed by atoms with Crippen LogP contribution in [-0.2, 0) is 17.8 Å². The number of carbonyl (C=O) groups is 1. The molecule has 0 radical (unpaired) electrons. The predicted molar refractivity (Wildman–Crippen MR) is 139 cm³/mol. The standard InChI is InChI=1S/C29H20Cl2N2O2/c30-24-13-12-20(15-25(24)31)14-21-4-3-6-23-27(22-5-1-2-7-26(22)33-28(21)23)29(34)35-17-19-10-8-18(16-32)9-11-19/h1-2,5,7-15H,3-4,6,17H2. The van der Waals surface area contributed by atoms with Crippen molar-refractivity contribution in [3.05, 3.63) is 110 Å². The summed E-state index contributed by atoms with van der Waals surface area (Å²) in [5.74, 6) is -0.375. The van der Waals surface area contributed by atoms with Crippen LogP contribution in [0.5, 0.6) is 0 Å². The van der Waals surface area contributed by atoms with Gasteiger partial charge in [-0.2, -0.15) is 5.26 Å². The van der Waals surface area contributed by atoms with Crippen molar-refractivity contribution in [3.8, 4) is 6.07 Å². The molecule has 0 saturated carbocycles. The molecule has 0 fully saturated rings. The van der Waals surface area contributed by atoms with Gasteiger partial charge >= 0.3 is 5.97 Å². The fraction of sp³-hybridized carbons (Fsp3) is 0.138. The van der Waals surface area contributed by atoms with Gasteiger partial charge in [-0.15, -0.1) is 0 Å². The van der Waals surface area contributed by atoms with Crippen LogP contribution in [0.15, 0.2) is 66.7 Å². The summed E-state index contributed by atoms with van der Waals surface area (Å²) in [6.07, 6.45) is 4.55. The molecule has 0 spiro atoms. The SMILES string of the molecule is N#Cc1ccc(COC(=O)c2c3c(nc4ccccc24)C(=Cc2ccc(Cl)c(Cl)c2)CCC3)cc1. The normalized spacial score (nSPS) is 13.9. The Bertz CT molecular complexity index is 1520. The molecular formula is C29H20Cl2N2O2. The number of para-hydroxylation sites is 1. The van der Waals surface area contributed by atoms with E-state index in [-0.39, 0.29) is 12.6 Å². The summed E-state index contributed by atoms with van der Waals surface area (Å²) in [6.45, 7) is 0.127. The van der Waals surface area contributed by atoms with E-state index in [1.54, 1.807) is 30.3 Å². The van der Waals surface area contributed by atoms with Gasteiger partial charge in [0.1, 0.15) is 6.61 Å². The number of esters is 1. The van der Waals surface area contributed by atoms with E-state index >= 15 is 0 Å². The number of halogens is 2. The number of hydrogen-bond donors (Lipinski definition) is 0. The number of benzene rings is 3. The molecule has 0 saturated heterocycles. The van der Waals surface area contributed by atoms with E-state index in [1.807, 2.05) is 36.4 Å². The molecule has 172 valence electrons. The molecule has 0 amide bonds. The lowest BCUT2D eigenvalue weighted by atomic mass is 9.86. The number of nitrogens with zero attached hydrogens (tertiary/aromatic N) is 2. The lowest BCUT2D eigenvalue weighted by Crippen LogP contribution is -2.15. The van der Waals surface area contributed by atoms with Crippen molar-refractivity contribution in [2.45, 2.75) is 25.9 Å². The molecular weight excluding hydrogens is 479 g/mol. The first-order valence-corrected chi connectivity index (χ1v) is 12.0. The van der Waals surface area contributed by atoms with Gasteiger partial charge in [-0.25, -0.2) is 9.78 Å². The zero-order valence-electron chi connectivity index (χ0n) is 18.7. The highest BCUT2D eigenvalue weighted by Crippen LogP contribution is 2.37. The topological polar surface area (TPSA) is 63.0 Å². The predicted octanol–water partition coefficient (Wildman–Crippen LogP) is 7.65. The van der Waals surface area contributed by atoms with Crippen molar-refractivity contribution in [2.75, 3.05) is 0 Å². The molecule has 0 atom stereocenters. The summed E-state index contributed by atoms with van der Waals surface area (Å²) in [6, 6.07) is 22.3. The summed E-state index contributed by atoms with van der Waals surface area (Å²) < 4.78 is 5.74. The highest BCUT2D eigenvalue weighted by atomic mass is 35.5. The number of ether oxygens (including phenoxy) is 1. The fourth-order valence-corrected chi connectivity index (χ4v) is 4.71. The van der Waals surface area contributed by atoms with Crippen LogP contribution in [0.25, 0.3) is 22.6 Å². The van der Waals surface area contributed by atoms with Crippen LogP contribution in [0.3, 0.4) is 0 Å². The summed E-state index contributed by atoms with van der Waals surface area (Å²) in [5.41, 5.74) is 6.42. The Hall–Kier alpha value is -3.65. The maximum Gasteiger partial charge on any atom is 0.339 e. The molecule has 6 heteroatoms. The molecule has 1 aliphatic carbocycles. The minimum absolute atomic E-state index is 0.127. The van der Waals surface area contributed by atoms with Gasteiger partial charge < -0.3 is 4.74 Å². The average Bonchev–Trinajstić information content (AvgIpc) is 2.88. The third-order valence-electron chi connectivity index (χ3n) is 6.11. The molecule has 5 rings (SSSR count). The lowest BCUT2D eigenvalue weighted by molar-refractivity contribution is 0.0473. The van der Waals surface area contributed by atoms with E-state index in [2.05, 4.69) is 12.1 Å². The van der Waals surface area contributed by atoms with Crippen LogP contribution in [0.1, 0.15) is 51.1 Å². The molecule has 0 aliphatic heterocycles. The van der Waals surface area contributed by atoms with Crippen LogP contribution >= 0.6 is 23.2 Å². The number of allylic oxidation sites excluding steroid dienone is 1. The Labute approximate surface area is 213 Å². The van der Waals surface area contributed by atoms with Gasteiger partial charge in [0.15, 0.2) is 0 Å². The summed E-state index contributed by atoms with van der Waals surface area (Å²) >= 11 is 12.3. The molecule has 0 unspecified atom stereocenters. The molecule has 3 aromatic carbocycles. The average molecular weight is 499 g/mol. The molecule has 1 aromatic heterocycles. The van der Waals surface area contributed by atoms with Crippen molar-refractivity contribution in [1.82, 2.24) is 4.98 Å². The van der Waals surface area contributed by atoms with Crippen LogP contribution < -0.4 is 0 Å². The Morgan fingerprint density at radius 2 is 1.83 bits per heavy atom. The first-order chi connectivity index (χ1) is 17.0. The van der Waals surface area contributed by atoms with Crippen molar-refractivity contribution in [3.63, 3.8) is 0 Å². The van der Waals surface area contributed by atoms with Gasteiger partial charge in [-0.05, 0) is 77.9 Å². The fourth-order valence-electron chi connectivity index (χ4n) is 4.41. The Kier molecular flexibility index (Phi) is 6.55. The van der Waals surface area contributed by atoms with Crippen molar-refractivity contribution in [1.29, 1.82) is 5.26 Å². The Morgan fingerprint density at radius 3 is 2.60 bits per heavy atom. The molecule has 1 aliphatic rings. The van der Waals surface area contributed by atoms with E-state index in [1.165, 1.54) is 0 Å². The second-order valence-electron chi connectivity index (χ2n) is 8.41. The smallest absolute Gasteiger partial charge is 0.339 e. The van der Waals surface area contributed by atoms with Crippen LogP contribution in [0, 0.1) is 11.3 Å². The van der Waals surface area contributed by atoms with Crippen molar-refractivity contribution >= 4 is 51.7 Å². The van der Waals surface area contributed by atoms with Crippen molar-refractivity contribution in [2.24, 2.45) is 0 Å². The maximum atomic E-state index is 13.4. The Balaban J connectivity index is 1.55. The second-order valence-corrected chi connectivity index (χ2v) is 9.23. The molecule has 0 bridgehead atoms. The molecule has 4 nitrogen and oxygen atoms in total. The van der Waals surface area contributed by atoms with E-state index in [0.717, 1.165) is 58.1 Å². The maximum absolute atomic E-state index is 13.4. The number of hydrogen-bond acceptors (Lipinski definition) is 4. The van der Waals surface area contributed by atoms with Crippen molar-refractivity contribution < 1.29 is 9.53 Å². The monoisotopic (exact) mass is 498 g/mol. The van der Waals surface area contributed by atoms with Gasteiger partial charge in [-0.3, -0.25) is 0 Å². The van der Waals surface area contributed by atoms with Crippen LogP contribution in [-0.4, -0.2) is 11.0 Å². The van der Waals surface area contributed by atoms with Gasteiger partial charge in [0.05, 0.1) is 38.5 Å².